The fraction of sp³-hybridized carbons (Fsp3) is 0.636. The van der Waals surface area contributed by atoms with Crippen molar-refractivity contribution in [2.24, 2.45) is 5.73 Å². The SMILES string of the molecule is CN(C)c1cc(N2CCOC(CN)C2)ncn1. The predicted molar refractivity (Wildman–Crippen MR) is 67.4 cm³/mol. The van der Waals surface area contributed by atoms with Gasteiger partial charge in [0.25, 0.3) is 0 Å². The van der Waals surface area contributed by atoms with Gasteiger partial charge in [-0.2, -0.15) is 0 Å². The molecule has 1 saturated heterocycles. The number of rotatable bonds is 3. The van der Waals surface area contributed by atoms with E-state index in [1.54, 1.807) is 6.33 Å². The van der Waals surface area contributed by atoms with E-state index in [2.05, 4.69) is 14.9 Å². The van der Waals surface area contributed by atoms with Crippen LogP contribution in [-0.2, 0) is 4.74 Å². The standard InChI is InChI=1S/C11H19N5O/c1-15(2)10-5-11(14-8-13-10)16-3-4-17-9(6-12)7-16/h5,8-9H,3-4,6-7,12H2,1-2H3. The summed E-state index contributed by atoms with van der Waals surface area (Å²) in [6.45, 7) is 2.88. The van der Waals surface area contributed by atoms with E-state index in [1.807, 2.05) is 25.1 Å². The van der Waals surface area contributed by atoms with Gasteiger partial charge < -0.3 is 20.3 Å². The molecule has 0 radical (unpaired) electrons. The fourth-order valence-electron chi connectivity index (χ4n) is 1.82. The molecule has 1 aliphatic heterocycles. The van der Waals surface area contributed by atoms with Crippen molar-refractivity contribution in [3.63, 3.8) is 0 Å². The van der Waals surface area contributed by atoms with Crippen LogP contribution in [0, 0.1) is 0 Å². The molecule has 1 aromatic rings. The highest BCUT2D eigenvalue weighted by atomic mass is 16.5. The molecule has 1 fully saturated rings. The lowest BCUT2D eigenvalue weighted by molar-refractivity contribution is 0.0463. The molecule has 6 heteroatoms. The molecule has 17 heavy (non-hydrogen) atoms. The van der Waals surface area contributed by atoms with E-state index >= 15 is 0 Å². The maximum atomic E-state index is 5.63. The Kier molecular flexibility index (Phi) is 3.75. The topological polar surface area (TPSA) is 67.5 Å². The smallest absolute Gasteiger partial charge is 0.134 e. The minimum absolute atomic E-state index is 0.0986. The number of anilines is 2. The van der Waals surface area contributed by atoms with E-state index < -0.39 is 0 Å². The van der Waals surface area contributed by atoms with E-state index in [0.29, 0.717) is 13.2 Å². The lowest BCUT2D eigenvalue weighted by Gasteiger charge is -2.33. The van der Waals surface area contributed by atoms with Crippen molar-refractivity contribution in [2.75, 3.05) is 50.1 Å². The normalized spacial score (nSPS) is 20.4. The second kappa shape index (κ2) is 5.29. The van der Waals surface area contributed by atoms with E-state index in [1.165, 1.54) is 0 Å². The molecule has 2 heterocycles. The van der Waals surface area contributed by atoms with Crippen molar-refractivity contribution in [3.05, 3.63) is 12.4 Å². The minimum Gasteiger partial charge on any atom is -0.373 e. The van der Waals surface area contributed by atoms with Crippen molar-refractivity contribution >= 4 is 11.6 Å². The summed E-state index contributed by atoms with van der Waals surface area (Å²) in [4.78, 5) is 12.7. The zero-order chi connectivity index (χ0) is 12.3. The van der Waals surface area contributed by atoms with Gasteiger partial charge in [-0.3, -0.25) is 0 Å². The first kappa shape index (κ1) is 12.1. The molecule has 6 nitrogen and oxygen atoms in total. The molecule has 1 atom stereocenters. The molecule has 0 aromatic carbocycles. The van der Waals surface area contributed by atoms with Crippen LogP contribution < -0.4 is 15.5 Å². The summed E-state index contributed by atoms with van der Waals surface area (Å²) in [6, 6.07) is 1.99. The van der Waals surface area contributed by atoms with Crippen LogP contribution >= 0.6 is 0 Å². The Labute approximate surface area is 101 Å². The number of nitrogens with two attached hydrogens (primary N) is 1. The molecule has 0 aliphatic carbocycles. The van der Waals surface area contributed by atoms with E-state index in [-0.39, 0.29) is 6.10 Å². The van der Waals surface area contributed by atoms with Crippen LogP contribution in [0.25, 0.3) is 0 Å². The lowest BCUT2D eigenvalue weighted by Crippen LogP contribution is -2.46. The second-order valence-electron chi connectivity index (χ2n) is 4.30. The molecule has 1 aliphatic rings. The first-order chi connectivity index (χ1) is 8.20. The van der Waals surface area contributed by atoms with Gasteiger partial charge in [0, 0.05) is 39.8 Å². The molecule has 94 valence electrons. The van der Waals surface area contributed by atoms with E-state index in [0.717, 1.165) is 24.7 Å². The molecule has 0 spiro atoms. The number of hydrogen-bond donors (Lipinski definition) is 1. The molecule has 1 aromatic heterocycles. The van der Waals surface area contributed by atoms with Crippen LogP contribution in [0.15, 0.2) is 12.4 Å². The second-order valence-corrected chi connectivity index (χ2v) is 4.30. The van der Waals surface area contributed by atoms with Crippen molar-refractivity contribution < 1.29 is 4.74 Å². The number of ether oxygens (including phenoxy) is 1. The third kappa shape index (κ3) is 2.83. The zero-order valence-corrected chi connectivity index (χ0v) is 10.3. The van der Waals surface area contributed by atoms with Crippen molar-refractivity contribution in [2.45, 2.75) is 6.10 Å². The highest BCUT2D eigenvalue weighted by Crippen LogP contribution is 2.18. The van der Waals surface area contributed by atoms with Gasteiger partial charge in [0.05, 0.1) is 12.7 Å². The van der Waals surface area contributed by atoms with E-state index in [4.69, 9.17) is 10.5 Å². The van der Waals surface area contributed by atoms with Gasteiger partial charge in [-0.05, 0) is 0 Å². The molecular formula is C11H19N5O. The Morgan fingerprint density at radius 1 is 1.53 bits per heavy atom. The maximum absolute atomic E-state index is 5.63. The van der Waals surface area contributed by atoms with Gasteiger partial charge in [-0.15, -0.1) is 0 Å². The molecular weight excluding hydrogens is 218 g/mol. The van der Waals surface area contributed by atoms with Crippen LogP contribution in [-0.4, -0.2) is 56.4 Å². The molecule has 2 N–H and O–H groups in total. The third-order valence-corrected chi connectivity index (χ3v) is 2.82. The Balaban J connectivity index is 2.13. The van der Waals surface area contributed by atoms with Crippen LogP contribution in [0.5, 0.6) is 0 Å². The average molecular weight is 237 g/mol. The van der Waals surface area contributed by atoms with Gasteiger partial charge in [-0.25, -0.2) is 9.97 Å². The summed E-state index contributed by atoms with van der Waals surface area (Å²) in [5.41, 5.74) is 5.63. The summed E-state index contributed by atoms with van der Waals surface area (Å²) in [6.07, 6.45) is 1.69. The van der Waals surface area contributed by atoms with Gasteiger partial charge in [0.2, 0.25) is 0 Å². The molecule has 2 rings (SSSR count). The highest BCUT2D eigenvalue weighted by Gasteiger charge is 2.20. The first-order valence-corrected chi connectivity index (χ1v) is 5.76. The van der Waals surface area contributed by atoms with Gasteiger partial charge in [0.15, 0.2) is 0 Å². The average Bonchev–Trinajstić information content (AvgIpc) is 2.39. The third-order valence-electron chi connectivity index (χ3n) is 2.82. The van der Waals surface area contributed by atoms with Crippen LogP contribution in [0.1, 0.15) is 0 Å². The summed E-state index contributed by atoms with van der Waals surface area (Å²) in [5.74, 6) is 1.84. The number of aromatic nitrogens is 2. The van der Waals surface area contributed by atoms with Gasteiger partial charge >= 0.3 is 0 Å². The molecule has 0 saturated carbocycles. The summed E-state index contributed by atoms with van der Waals surface area (Å²) >= 11 is 0. The van der Waals surface area contributed by atoms with Crippen molar-refractivity contribution in [1.82, 2.24) is 9.97 Å². The summed E-state index contributed by atoms with van der Waals surface area (Å²) in [7, 11) is 3.93. The van der Waals surface area contributed by atoms with E-state index in [9.17, 15) is 0 Å². The molecule has 1 unspecified atom stereocenters. The molecule has 0 amide bonds. The first-order valence-electron chi connectivity index (χ1n) is 5.76. The largest absolute Gasteiger partial charge is 0.373 e. The molecule has 0 bridgehead atoms. The Hall–Kier alpha value is -1.40. The Bertz CT molecular complexity index is 371. The van der Waals surface area contributed by atoms with Gasteiger partial charge in [-0.1, -0.05) is 0 Å². The van der Waals surface area contributed by atoms with Crippen molar-refractivity contribution in [3.8, 4) is 0 Å². The van der Waals surface area contributed by atoms with Crippen LogP contribution in [0.4, 0.5) is 11.6 Å². The lowest BCUT2D eigenvalue weighted by atomic mass is 10.2. The Morgan fingerprint density at radius 2 is 2.35 bits per heavy atom. The van der Waals surface area contributed by atoms with Gasteiger partial charge in [0.1, 0.15) is 18.0 Å². The minimum atomic E-state index is 0.0986. The quantitative estimate of drug-likeness (QED) is 0.779. The number of nitrogens with zero attached hydrogens (tertiary/aromatic N) is 4. The Morgan fingerprint density at radius 3 is 3.06 bits per heavy atom. The fourth-order valence-corrected chi connectivity index (χ4v) is 1.82. The predicted octanol–water partition coefficient (Wildman–Crippen LogP) is -0.293. The van der Waals surface area contributed by atoms with Crippen molar-refractivity contribution in [1.29, 1.82) is 0 Å². The maximum Gasteiger partial charge on any atom is 0.134 e. The highest BCUT2D eigenvalue weighted by molar-refractivity contribution is 5.49. The number of morpholine rings is 1. The van der Waals surface area contributed by atoms with Crippen LogP contribution in [0.2, 0.25) is 0 Å². The number of hydrogen-bond acceptors (Lipinski definition) is 6. The zero-order valence-electron chi connectivity index (χ0n) is 10.3. The monoisotopic (exact) mass is 237 g/mol. The summed E-state index contributed by atoms with van der Waals surface area (Å²) in [5, 5.41) is 0. The summed E-state index contributed by atoms with van der Waals surface area (Å²) < 4.78 is 5.54. The van der Waals surface area contributed by atoms with Crippen LogP contribution in [0.3, 0.4) is 0 Å².